The van der Waals surface area contributed by atoms with Gasteiger partial charge >= 0.3 is 0 Å². The zero-order chi connectivity index (χ0) is 20.3. The zero-order valence-electron chi connectivity index (χ0n) is 16.3. The van der Waals surface area contributed by atoms with E-state index in [1.54, 1.807) is 18.6 Å². The number of pyridine rings is 2. The zero-order valence-corrected chi connectivity index (χ0v) is 17.1. The summed E-state index contributed by atoms with van der Waals surface area (Å²) in [6.07, 6.45) is 6.51. The van der Waals surface area contributed by atoms with Crippen molar-refractivity contribution in [3.05, 3.63) is 65.1 Å². The average Bonchev–Trinajstić information content (AvgIpc) is 2.62. The summed E-state index contributed by atoms with van der Waals surface area (Å²) in [5, 5.41) is 0. The fourth-order valence-electron chi connectivity index (χ4n) is 2.61. The summed E-state index contributed by atoms with van der Waals surface area (Å²) in [5.74, 6) is 9.92. The molecule has 0 aliphatic heterocycles. The predicted octanol–water partition coefficient (Wildman–Crippen LogP) is 2.93. The lowest BCUT2D eigenvalue weighted by Gasteiger charge is -2.10. The highest BCUT2D eigenvalue weighted by atomic mass is 32.2. The van der Waals surface area contributed by atoms with Gasteiger partial charge in [0.05, 0.1) is 28.3 Å². The summed E-state index contributed by atoms with van der Waals surface area (Å²) >= 11 is 0. The van der Waals surface area contributed by atoms with Gasteiger partial charge in [0.25, 0.3) is 0 Å². The van der Waals surface area contributed by atoms with Crippen LogP contribution >= 0.6 is 0 Å². The van der Waals surface area contributed by atoms with Gasteiger partial charge in [0.2, 0.25) is 0 Å². The number of rotatable bonds is 3. The number of hydrogen-bond donors (Lipinski definition) is 1. The third-order valence-electron chi connectivity index (χ3n) is 3.95. The Kier molecular flexibility index (Phi) is 5.43. The fourth-order valence-corrected chi connectivity index (χ4v) is 3.28. The minimum atomic E-state index is -2.40. The van der Waals surface area contributed by atoms with Gasteiger partial charge < -0.3 is 4.72 Å². The van der Waals surface area contributed by atoms with Crippen molar-refractivity contribution in [3.8, 4) is 23.1 Å². The molecule has 0 fully saturated rings. The summed E-state index contributed by atoms with van der Waals surface area (Å²) in [6.45, 7) is 5.67. The first-order chi connectivity index (χ1) is 13.2. The van der Waals surface area contributed by atoms with E-state index in [2.05, 4.69) is 42.4 Å². The van der Waals surface area contributed by atoms with Gasteiger partial charge in [0.15, 0.2) is 0 Å². The topological polar surface area (TPSA) is 80.7 Å². The highest BCUT2D eigenvalue weighted by Crippen LogP contribution is 2.22. The Morgan fingerprint density at radius 2 is 1.82 bits per heavy atom. The third-order valence-corrected chi connectivity index (χ3v) is 4.60. The smallest absolute Gasteiger partial charge is 0.116 e. The summed E-state index contributed by atoms with van der Waals surface area (Å²) in [6, 6.07) is 5.69. The molecule has 28 heavy (non-hydrogen) atoms. The molecule has 0 spiro atoms. The average molecular weight is 392 g/mol. The van der Waals surface area contributed by atoms with Gasteiger partial charge in [-0.3, -0.25) is 9.97 Å². The van der Waals surface area contributed by atoms with Crippen LogP contribution in [0.1, 0.15) is 28.2 Å². The lowest BCUT2D eigenvalue weighted by atomic mass is 10.0. The van der Waals surface area contributed by atoms with E-state index in [1.165, 1.54) is 6.33 Å². The van der Waals surface area contributed by atoms with Crippen LogP contribution in [0.4, 0.5) is 5.69 Å². The molecule has 3 rings (SSSR count). The van der Waals surface area contributed by atoms with Crippen molar-refractivity contribution in [2.75, 3.05) is 11.0 Å². The molecule has 3 aromatic heterocycles. The molecule has 0 aliphatic carbocycles. The van der Waals surface area contributed by atoms with Crippen molar-refractivity contribution in [1.82, 2.24) is 19.9 Å². The van der Waals surface area contributed by atoms with Crippen LogP contribution in [0.2, 0.25) is 0 Å². The van der Waals surface area contributed by atoms with Crippen LogP contribution in [-0.2, 0) is 9.71 Å². The van der Waals surface area contributed by atoms with Gasteiger partial charge in [0, 0.05) is 45.2 Å². The molecule has 0 aliphatic rings. The first-order valence-electron chi connectivity index (χ1n) is 8.56. The van der Waals surface area contributed by atoms with E-state index >= 15 is 0 Å². The molecule has 6 nitrogen and oxygen atoms in total. The second kappa shape index (κ2) is 7.79. The fraction of sp³-hybridized carbons (Fsp3) is 0.190. The van der Waals surface area contributed by atoms with Crippen LogP contribution in [0.3, 0.4) is 0 Å². The van der Waals surface area contributed by atoms with Crippen LogP contribution in [0.25, 0.3) is 11.3 Å². The molecule has 0 saturated heterocycles. The first-order valence-corrected chi connectivity index (χ1v) is 10.7. The Bertz CT molecular complexity index is 1210. The molecule has 3 aromatic rings. The molecule has 1 atom stereocenters. The highest BCUT2D eigenvalue weighted by Gasteiger charge is 2.09. The van der Waals surface area contributed by atoms with Gasteiger partial charge in [-0.1, -0.05) is 11.8 Å². The Labute approximate surface area is 165 Å². The van der Waals surface area contributed by atoms with Crippen molar-refractivity contribution in [2.24, 2.45) is 0 Å². The lowest BCUT2D eigenvalue weighted by Crippen LogP contribution is -2.11. The Balaban J connectivity index is 2.05. The number of nitrogens with one attached hydrogen (secondary N) is 1. The number of aryl methyl sites for hydroxylation is 3. The molecule has 0 aromatic carbocycles. The maximum absolute atomic E-state index is 12.0. The number of aromatic nitrogens is 4. The largest absolute Gasteiger partial charge is 0.311 e. The summed E-state index contributed by atoms with van der Waals surface area (Å²) in [5.41, 5.74) is 6.22. The maximum atomic E-state index is 12.0. The van der Waals surface area contributed by atoms with Gasteiger partial charge in [-0.05, 0) is 44.8 Å². The van der Waals surface area contributed by atoms with E-state index in [4.69, 9.17) is 0 Å². The normalized spacial score (nSPS) is 12.6. The van der Waals surface area contributed by atoms with Crippen molar-refractivity contribution in [2.45, 2.75) is 20.8 Å². The predicted molar refractivity (Wildman–Crippen MR) is 115 cm³/mol. The van der Waals surface area contributed by atoms with Crippen molar-refractivity contribution < 1.29 is 4.21 Å². The molecule has 0 amide bonds. The molecule has 7 heteroatoms. The molecule has 0 bridgehead atoms. The second-order valence-electron chi connectivity index (χ2n) is 6.58. The summed E-state index contributed by atoms with van der Waals surface area (Å²) < 4.78 is 14.9. The van der Waals surface area contributed by atoms with Crippen LogP contribution in [-0.4, -0.2) is 36.3 Å². The standard InChI is InChI=1S/C21H21N5OS/c1-14-10-18(8-9-22-14)21-19(15(2)24-13-25-21)7-6-17-11-20(16(3)23-12-17)26-28(4,5)27/h8-13H,4H2,1-3,5H3,(H,26,27). The summed E-state index contributed by atoms with van der Waals surface area (Å²) in [7, 11) is -2.40. The molecule has 1 N–H and O–H groups in total. The van der Waals surface area contributed by atoms with Crippen molar-refractivity contribution in [1.29, 1.82) is 0 Å². The Morgan fingerprint density at radius 3 is 2.54 bits per heavy atom. The van der Waals surface area contributed by atoms with Gasteiger partial charge in [-0.15, -0.1) is 0 Å². The quantitative estimate of drug-likeness (QED) is 0.548. The van der Waals surface area contributed by atoms with E-state index in [1.807, 2.05) is 39.0 Å². The van der Waals surface area contributed by atoms with Crippen molar-refractivity contribution >= 4 is 21.3 Å². The molecular weight excluding hydrogens is 370 g/mol. The molecule has 142 valence electrons. The van der Waals surface area contributed by atoms with Crippen LogP contribution < -0.4 is 4.72 Å². The number of hydrogen-bond acceptors (Lipinski definition) is 5. The number of nitrogens with zero attached hydrogens (tertiary/aromatic N) is 4. The first kappa shape index (κ1) is 19.5. The maximum Gasteiger partial charge on any atom is 0.116 e. The number of anilines is 1. The second-order valence-corrected chi connectivity index (χ2v) is 8.80. The monoisotopic (exact) mass is 391 g/mol. The van der Waals surface area contributed by atoms with E-state index < -0.39 is 9.71 Å². The van der Waals surface area contributed by atoms with Gasteiger partial charge in [0.1, 0.15) is 6.33 Å². The lowest BCUT2D eigenvalue weighted by molar-refractivity contribution is 0.688. The molecular formula is C21H21N5OS. The Hall–Kier alpha value is -3.24. The van der Waals surface area contributed by atoms with Crippen LogP contribution in [0.15, 0.2) is 36.9 Å². The van der Waals surface area contributed by atoms with E-state index in [-0.39, 0.29) is 0 Å². The minimum Gasteiger partial charge on any atom is -0.311 e. The molecule has 0 radical (unpaired) electrons. The summed E-state index contributed by atoms with van der Waals surface area (Å²) in [4.78, 5) is 17.3. The van der Waals surface area contributed by atoms with Gasteiger partial charge in [-0.2, -0.15) is 0 Å². The van der Waals surface area contributed by atoms with E-state index in [0.29, 0.717) is 11.3 Å². The SMILES string of the molecule is C=S(C)(=O)Nc1cc(C#Cc2c(C)ncnc2-c2ccnc(C)c2)cnc1C. The van der Waals surface area contributed by atoms with Crippen molar-refractivity contribution in [3.63, 3.8) is 0 Å². The molecule has 1 unspecified atom stereocenters. The highest BCUT2D eigenvalue weighted by molar-refractivity contribution is 8.00. The van der Waals surface area contributed by atoms with Gasteiger partial charge in [-0.25, -0.2) is 14.2 Å². The van der Waals surface area contributed by atoms with Crippen LogP contribution in [0, 0.1) is 32.6 Å². The molecule has 0 saturated carbocycles. The van der Waals surface area contributed by atoms with Crippen LogP contribution in [0.5, 0.6) is 0 Å². The minimum absolute atomic E-state index is 0.653. The third kappa shape index (κ3) is 4.72. The Morgan fingerprint density at radius 1 is 1.04 bits per heavy atom. The van der Waals surface area contributed by atoms with E-state index in [9.17, 15) is 4.21 Å². The molecule has 3 heterocycles. The van der Waals surface area contributed by atoms with E-state index in [0.717, 1.165) is 33.9 Å².